The Labute approximate surface area is 854 Å². The fourth-order valence-corrected chi connectivity index (χ4v) is 20.4. The van der Waals surface area contributed by atoms with E-state index in [2.05, 4.69) is 159 Å². The number of rotatable bonds is 29. The van der Waals surface area contributed by atoms with Crippen molar-refractivity contribution in [1.82, 2.24) is 50.2 Å². The van der Waals surface area contributed by atoms with E-state index in [0.717, 1.165) is 254 Å². The average Bonchev–Trinajstić information content (AvgIpc) is 1.25. The fourth-order valence-electron chi connectivity index (χ4n) is 20.3. The second-order valence-electron chi connectivity index (χ2n) is 37.8. The molecule has 7 fully saturated rings. The molecule has 11 aromatic rings. The van der Waals surface area contributed by atoms with Gasteiger partial charge in [0.25, 0.3) is 29.5 Å². The minimum absolute atomic E-state index is 0.0596. The van der Waals surface area contributed by atoms with Gasteiger partial charge in [0, 0.05) is 149 Å². The molecule has 7 heterocycles. The number of piperidine rings is 5. The van der Waals surface area contributed by atoms with Gasteiger partial charge in [0.15, 0.2) is 0 Å². The van der Waals surface area contributed by atoms with E-state index in [-0.39, 0.29) is 35.4 Å². The summed E-state index contributed by atoms with van der Waals surface area (Å²) in [5.74, 6) is 2.10. The van der Waals surface area contributed by atoms with E-state index in [1.165, 1.54) is 123 Å². The van der Waals surface area contributed by atoms with Crippen molar-refractivity contribution in [2.45, 2.75) is 152 Å². The quantitative estimate of drug-likeness (QED) is 0.0380. The number of carbonyl (C=O) groups is 5. The Bertz CT molecular complexity index is 5780. The summed E-state index contributed by atoms with van der Waals surface area (Å²) in [6.07, 6.45) is 13.8. The molecule has 3 N–H and O–H groups in total. The molecule has 6 saturated heterocycles. The topological polar surface area (TPSA) is 170 Å². The van der Waals surface area contributed by atoms with Crippen LogP contribution in [0.4, 0.5) is 4.39 Å². The van der Waals surface area contributed by atoms with E-state index in [0.29, 0.717) is 24.8 Å². The number of likely N-dealkylation sites (tertiary alicyclic amines) is 2. The highest BCUT2D eigenvalue weighted by molar-refractivity contribution is 6.30. The SMILES string of the molecule is CCN(CC)C(=O)c1ccc(C(=C2CCN(CC3CC3)CC2)c2ccccc2)cc1.CCN(CC)C(=O)c1ccc(C(=C2CCN(CC3CO3)CC2)c2ccccc2)cc1.CCN(CC)C(=O)c1ccc(C(=C2CCNCC2)c2cc3ccccc3o2)cc1.CCN(CC)C(=O)c1ccc(C(=C2CCNCC2)c2ccc(Cl)cc2)cc1.CCN(CC)C(=O)c1ccc(C(=C2CCNCC2)c2ccc(F)cc2)cc1. The average molecular weight is 1950 g/mol. The number of nitrogens with zero attached hydrogens (tertiary/aromatic N) is 7. The highest BCUT2D eigenvalue weighted by atomic mass is 35.5. The Kier molecular flexibility index (Phi) is 40.2. The molecular formula is C124H148ClFN10O7. The molecule has 10 aromatic carbocycles. The summed E-state index contributed by atoms with van der Waals surface area (Å²) < 4.78 is 25.0. The molecule has 17 nitrogen and oxygen atoms in total. The number of carbonyl (C=O) groups excluding carboxylic acids is 5. The zero-order chi connectivity index (χ0) is 101. The first-order valence-corrected chi connectivity index (χ1v) is 53.1. The molecule has 0 radical (unpaired) electrons. The van der Waals surface area contributed by atoms with Crippen LogP contribution in [0.1, 0.15) is 254 Å². The lowest BCUT2D eigenvalue weighted by Crippen LogP contribution is -2.34. The third-order valence-corrected chi connectivity index (χ3v) is 29.1. The van der Waals surface area contributed by atoms with E-state index >= 15 is 0 Å². The summed E-state index contributed by atoms with van der Waals surface area (Å²) >= 11 is 6.09. The molecule has 19 heteroatoms. The standard InChI is InChI=1S/C27H34N2O.C26H32N2O2.C25H28N2O2.C23H27ClN2O.C23H27FN2O/c1-3-29(4-2)27(30)25-14-12-23(13-15-25)26(22-8-6-5-7-9-22)24-16-18-28(19-17-24)20-21-10-11-21;1-3-28(4-2)26(29)23-12-10-21(11-13-23)25(20-8-6-5-7-9-20)22-14-16-27(17-15-22)18-24-19-30-24;1-3-27(4-2)25(28)20-11-9-18(10-12-20)24(19-13-15-26-16-14-19)23-17-21-7-5-6-8-22(21)29-23;2*1-3-26(4-2)23(27)20-7-5-17(6-8-20)22(19-13-15-25-16-14-19)18-9-11-21(24)12-10-18/h5-9,12-15,21H,3-4,10-11,16-20H2,1-2H3;5-13,24H,3-4,14-19H2,1-2H3;5-12,17,26H,3-4,13-16H2,1-2H3;2*5-12,25H,3-4,13-16H2,1-2H3. The Morgan fingerprint density at radius 2 is 0.552 bits per heavy atom. The zero-order valence-corrected chi connectivity index (χ0v) is 86.7. The molecule has 1 atom stereocenters. The maximum absolute atomic E-state index is 13.4. The maximum Gasteiger partial charge on any atom is 0.253 e. The smallest absolute Gasteiger partial charge is 0.253 e. The van der Waals surface area contributed by atoms with Gasteiger partial charge in [0.05, 0.1) is 12.7 Å². The maximum atomic E-state index is 13.4. The third-order valence-electron chi connectivity index (χ3n) is 28.8. The van der Waals surface area contributed by atoms with Crippen molar-refractivity contribution in [3.8, 4) is 0 Å². The van der Waals surface area contributed by atoms with Crippen LogP contribution in [-0.2, 0) is 4.74 Å². The Balaban J connectivity index is 0.000000142. The van der Waals surface area contributed by atoms with Crippen LogP contribution in [0, 0.1) is 11.7 Å². The van der Waals surface area contributed by atoms with Crippen LogP contribution in [-0.4, -0.2) is 221 Å². The van der Waals surface area contributed by atoms with Crippen molar-refractivity contribution >= 4 is 80.0 Å². The van der Waals surface area contributed by atoms with Crippen LogP contribution >= 0.6 is 11.6 Å². The van der Waals surface area contributed by atoms with Gasteiger partial charge in [-0.25, -0.2) is 4.39 Å². The van der Waals surface area contributed by atoms with Crippen molar-refractivity contribution in [2.75, 3.05) is 151 Å². The largest absolute Gasteiger partial charge is 0.456 e. The van der Waals surface area contributed by atoms with E-state index in [9.17, 15) is 28.4 Å². The molecule has 143 heavy (non-hydrogen) atoms. The number of halogens is 2. The lowest BCUT2D eigenvalue weighted by molar-refractivity contribution is 0.0765. The third kappa shape index (κ3) is 28.9. The molecule has 1 aliphatic carbocycles. The van der Waals surface area contributed by atoms with Gasteiger partial charge in [-0.15, -0.1) is 0 Å². The number of benzene rings is 10. The Morgan fingerprint density at radius 1 is 0.308 bits per heavy atom. The number of hydrogen-bond acceptors (Lipinski definition) is 12. The Morgan fingerprint density at radius 3 is 0.839 bits per heavy atom. The molecule has 750 valence electrons. The molecule has 1 unspecified atom stereocenters. The van der Waals surface area contributed by atoms with Crippen molar-refractivity contribution < 1.29 is 37.5 Å². The van der Waals surface area contributed by atoms with Gasteiger partial charge in [-0.1, -0.05) is 203 Å². The molecule has 0 bridgehead atoms. The van der Waals surface area contributed by atoms with Gasteiger partial charge in [-0.3, -0.25) is 24.0 Å². The lowest BCUT2D eigenvalue weighted by Gasteiger charge is -2.30. The van der Waals surface area contributed by atoms with E-state index in [1.807, 2.05) is 209 Å². The number of hydrogen-bond donors (Lipinski definition) is 3. The van der Waals surface area contributed by atoms with Gasteiger partial charge >= 0.3 is 0 Å². The predicted octanol–water partition coefficient (Wildman–Crippen LogP) is 24.5. The highest BCUT2D eigenvalue weighted by Gasteiger charge is 2.31. The second kappa shape index (κ2) is 53.9. The molecule has 1 aromatic heterocycles. The van der Waals surface area contributed by atoms with Crippen LogP contribution in [0.5, 0.6) is 0 Å². The number of amides is 5. The van der Waals surface area contributed by atoms with Crippen LogP contribution in [0.25, 0.3) is 38.8 Å². The van der Waals surface area contributed by atoms with E-state index < -0.39 is 0 Å². The minimum atomic E-state index is -0.228. The van der Waals surface area contributed by atoms with E-state index in [1.54, 1.807) is 5.57 Å². The van der Waals surface area contributed by atoms with Crippen LogP contribution in [0.15, 0.2) is 293 Å². The molecule has 0 spiro atoms. The zero-order valence-electron chi connectivity index (χ0n) is 86.0. The molecule has 7 aliphatic rings. The number of ether oxygens (including phenoxy) is 1. The first kappa shape index (κ1) is 107. The summed E-state index contributed by atoms with van der Waals surface area (Å²) in [6.45, 7) is 41.1. The predicted molar refractivity (Wildman–Crippen MR) is 586 cm³/mol. The van der Waals surface area contributed by atoms with Gasteiger partial charge in [-0.2, -0.15) is 0 Å². The second-order valence-corrected chi connectivity index (χ2v) is 38.2. The number of epoxide rings is 1. The summed E-state index contributed by atoms with van der Waals surface area (Å²) in [7, 11) is 0. The summed E-state index contributed by atoms with van der Waals surface area (Å²) in [6, 6.07) is 86.9. The fraction of sp³-hybridized carbons (Fsp3) is 0.379. The number of furan rings is 1. The molecule has 1 saturated carbocycles. The number of nitrogens with one attached hydrogen (secondary N) is 3. The molecule has 5 amide bonds. The van der Waals surface area contributed by atoms with Crippen molar-refractivity contribution in [1.29, 1.82) is 0 Å². The van der Waals surface area contributed by atoms with Crippen molar-refractivity contribution in [3.05, 3.63) is 383 Å². The number of fused-ring (bicyclic) bond motifs is 1. The Hall–Kier alpha value is -12.2. The molecule has 6 aliphatic heterocycles. The van der Waals surface area contributed by atoms with Gasteiger partial charge in [0.1, 0.15) is 17.2 Å². The lowest BCUT2D eigenvalue weighted by atomic mass is 9.88. The summed E-state index contributed by atoms with van der Waals surface area (Å²) in [5.41, 5.74) is 28.8. The first-order valence-electron chi connectivity index (χ1n) is 52.8. The molecule has 18 rings (SSSR count). The van der Waals surface area contributed by atoms with Crippen molar-refractivity contribution in [3.63, 3.8) is 0 Å². The summed E-state index contributed by atoms with van der Waals surface area (Å²) in [5, 5.41) is 12.1. The summed E-state index contributed by atoms with van der Waals surface area (Å²) in [4.78, 5) is 77.6. The van der Waals surface area contributed by atoms with Crippen molar-refractivity contribution in [2.24, 2.45) is 5.92 Å². The molecular weight excluding hydrogens is 1800 g/mol. The van der Waals surface area contributed by atoms with Gasteiger partial charge in [-0.05, 0) is 361 Å². The van der Waals surface area contributed by atoms with Crippen LogP contribution in [0.2, 0.25) is 5.02 Å². The minimum Gasteiger partial charge on any atom is -0.456 e. The highest BCUT2D eigenvalue weighted by Crippen LogP contribution is 2.41. The normalized spacial score (nSPS) is 15.7. The van der Waals surface area contributed by atoms with E-state index in [4.69, 9.17) is 20.8 Å². The van der Waals surface area contributed by atoms with Crippen LogP contribution < -0.4 is 16.0 Å². The van der Waals surface area contributed by atoms with Gasteiger partial charge in [0.2, 0.25) is 0 Å². The van der Waals surface area contributed by atoms with Crippen LogP contribution in [0.3, 0.4) is 0 Å². The first-order chi connectivity index (χ1) is 69.9. The number of para-hydroxylation sites is 1. The monoisotopic (exact) mass is 1940 g/mol. The van der Waals surface area contributed by atoms with Gasteiger partial charge < -0.3 is 59.4 Å².